The highest BCUT2D eigenvalue weighted by atomic mass is 35.5. The molecule has 3 heterocycles. The summed E-state index contributed by atoms with van der Waals surface area (Å²) >= 11 is 12.3. The smallest absolute Gasteiger partial charge is 0.248 e. The highest BCUT2D eigenvalue weighted by Gasteiger charge is 2.42. The lowest BCUT2D eigenvalue weighted by Gasteiger charge is -2.46. The van der Waals surface area contributed by atoms with Crippen molar-refractivity contribution in [2.75, 3.05) is 59.6 Å². The van der Waals surface area contributed by atoms with Gasteiger partial charge in [-0.15, -0.1) is 0 Å². The summed E-state index contributed by atoms with van der Waals surface area (Å²) in [4.78, 5) is 17.0. The molecule has 1 unspecified atom stereocenters. The van der Waals surface area contributed by atoms with E-state index in [1.54, 1.807) is 12.1 Å². The van der Waals surface area contributed by atoms with Crippen molar-refractivity contribution in [2.24, 2.45) is 5.41 Å². The van der Waals surface area contributed by atoms with Crippen LogP contribution >= 0.6 is 23.2 Å². The average molecular weight is 563 g/mol. The van der Waals surface area contributed by atoms with Crippen molar-refractivity contribution in [2.45, 2.75) is 56.1 Å². The standard InChI is InChI=1S/C25H37Cl2N3O5S/c1-24(2)18-30(36(32,33)21-6-4-5-20(26)23(21)27)19(16-35-24)15-34-17-22(31)29-13-9-25(10-14-29)7-11-28(3)12-8-25/h4-6,19H,7-18H2,1-3H3. The number of carbonyl (C=O) groups is 1. The zero-order chi connectivity index (χ0) is 26.1. The molecule has 0 bridgehead atoms. The number of halogens is 2. The van der Waals surface area contributed by atoms with Crippen LogP contribution in [0.3, 0.4) is 0 Å². The summed E-state index contributed by atoms with van der Waals surface area (Å²) in [6, 6.07) is 3.97. The molecule has 36 heavy (non-hydrogen) atoms. The Labute approximate surface area is 224 Å². The SMILES string of the molecule is CN1CCC2(CC1)CCN(C(=O)COCC1COC(C)(C)CN1S(=O)(=O)c1cccc(Cl)c1Cl)CC2. The van der Waals surface area contributed by atoms with Crippen LogP contribution in [-0.4, -0.2) is 99.7 Å². The molecule has 1 aromatic rings. The van der Waals surface area contributed by atoms with E-state index < -0.39 is 21.7 Å². The van der Waals surface area contributed by atoms with E-state index in [9.17, 15) is 13.2 Å². The molecule has 202 valence electrons. The van der Waals surface area contributed by atoms with Crippen LogP contribution in [0.15, 0.2) is 23.1 Å². The van der Waals surface area contributed by atoms with E-state index in [-0.39, 0.29) is 47.2 Å². The number of amides is 1. The zero-order valence-corrected chi connectivity index (χ0v) is 23.7. The van der Waals surface area contributed by atoms with Gasteiger partial charge in [-0.05, 0) is 77.2 Å². The number of likely N-dealkylation sites (tertiary alicyclic amines) is 2. The van der Waals surface area contributed by atoms with E-state index >= 15 is 0 Å². The van der Waals surface area contributed by atoms with Crippen molar-refractivity contribution >= 4 is 39.1 Å². The fourth-order valence-electron chi connectivity index (χ4n) is 5.37. The topological polar surface area (TPSA) is 79.4 Å². The molecule has 1 atom stereocenters. The first-order chi connectivity index (χ1) is 16.9. The average Bonchev–Trinajstić information content (AvgIpc) is 2.83. The van der Waals surface area contributed by atoms with Gasteiger partial charge in [0.05, 0.1) is 34.9 Å². The maximum atomic E-state index is 13.6. The lowest BCUT2D eigenvalue weighted by molar-refractivity contribution is -0.142. The summed E-state index contributed by atoms with van der Waals surface area (Å²) in [6.07, 6.45) is 4.46. The van der Waals surface area contributed by atoms with Crippen LogP contribution in [0.5, 0.6) is 0 Å². The first-order valence-electron chi connectivity index (χ1n) is 12.6. The number of morpholine rings is 1. The van der Waals surface area contributed by atoms with Gasteiger partial charge in [0.2, 0.25) is 15.9 Å². The molecule has 1 amide bonds. The monoisotopic (exact) mass is 561 g/mol. The van der Waals surface area contributed by atoms with Gasteiger partial charge in [-0.3, -0.25) is 4.79 Å². The van der Waals surface area contributed by atoms with Crippen molar-refractivity contribution in [3.63, 3.8) is 0 Å². The van der Waals surface area contributed by atoms with Gasteiger partial charge in [0.1, 0.15) is 11.5 Å². The molecular formula is C25H37Cl2N3O5S. The Kier molecular flexibility index (Phi) is 8.61. The molecule has 4 rings (SSSR count). The molecule has 1 spiro atoms. The number of piperidine rings is 2. The van der Waals surface area contributed by atoms with E-state index in [2.05, 4.69) is 11.9 Å². The second kappa shape index (κ2) is 11.0. The molecule has 3 aliphatic rings. The lowest BCUT2D eigenvalue weighted by Crippen LogP contribution is -2.57. The fourth-order valence-corrected chi connectivity index (χ4v) is 7.86. The number of hydrogen-bond acceptors (Lipinski definition) is 6. The van der Waals surface area contributed by atoms with Gasteiger partial charge in [0.25, 0.3) is 0 Å². The number of hydrogen-bond donors (Lipinski definition) is 0. The number of benzene rings is 1. The number of carbonyl (C=O) groups excluding carboxylic acids is 1. The second-order valence-electron chi connectivity index (χ2n) is 11.0. The Morgan fingerprint density at radius 3 is 2.42 bits per heavy atom. The molecule has 1 aromatic carbocycles. The summed E-state index contributed by atoms with van der Waals surface area (Å²) in [5.74, 6) is -0.0536. The van der Waals surface area contributed by atoms with E-state index in [0.717, 1.165) is 39.0 Å². The Morgan fingerprint density at radius 1 is 1.11 bits per heavy atom. The second-order valence-corrected chi connectivity index (χ2v) is 13.7. The van der Waals surface area contributed by atoms with Crippen LogP contribution in [0.1, 0.15) is 39.5 Å². The van der Waals surface area contributed by atoms with Crippen molar-refractivity contribution in [3.8, 4) is 0 Å². The van der Waals surface area contributed by atoms with Crippen LogP contribution in [0, 0.1) is 5.41 Å². The molecule has 0 aromatic heterocycles. The van der Waals surface area contributed by atoms with E-state index in [4.69, 9.17) is 32.7 Å². The number of ether oxygens (including phenoxy) is 2. The zero-order valence-electron chi connectivity index (χ0n) is 21.3. The van der Waals surface area contributed by atoms with Crippen LogP contribution < -0.4 is 0 Å². The largest absolute Gasteiger partial charge is 0.372 e. The normalized spacial score (nSPS) is 25.2. The Hall–Kier alpha value is -0.940. The highest BCUT2D eigenvalue weighted by Crippen LogP contribution is 2.41. The van der Waals surface area contributed by atoms with Gasteiger partial charge in [-0.25, -0.2) is 8.42 Å². The van der Waals surface area contributed by atoms with E-state index in [0.29, 0.717) is 5.41 Å². The first-order valence-corrected chi connectivity index (χ1v) is 14.8. The van der Waals surface area contributed by atoms with Gasteiger partial charge in [0.15, 0.2) is 0 Å². The predicted octanol–water partition coefficient (Wildman–Crippen LogP) is 3.51. The number of nitrogens with zero attached hydrogens (tertiary/aromatic N) is 3. The summed E-state index contributed by atoms with van der Waals surface area (Å²) in [6.45, 7) is 7.66. The van der Waals surface area contributed by atoms with Crippen molar-refractivity contribution in [1.82, 2.24) is 14.1 Å². The number of rotatable bonds is 6. The van der Waals surface area contributed by atoms with E-state index in [1.165, 1.54) is 23.2 Å². The molecule has 0 radical (unpaired) electrons. The minimum Gasteiger partial charge on any atom is -0.372 e. The molecule has 0 aliphatic carbocycles. The van der Waals surface area contributed by atoms with Gasteiger partial charge in [0, 0.05) is 19.6 Å². The minimum atomic E-state index is -3.97. The van der Waals surface area contributed by atoms with Gasteiger partial charge in [-0.1, -0.05) is 29.3 Å². The van der Waals surface area contributed by atoms with Crippen LogP contribution in [-0.2, 0) is 24.3 Å². The van der Waals surface area contributed by atoms with Crippen molar-refractivity contribution in [3.05, 3.63) is 28.2 Å². The summed E-state index contributed by atoms with van der Waals surface area (Å²) < 4.78 is 40.2. The van der Waals surface area contributed by atoms with Gasteiger partial charge < -0.3 is 19.3 Å². The van der Waals surface area contributed by atoms with Crippen LogP contribution in [0.25, 0.3) is 0 Å². The summed E-state index contributed by atoms with van der Waals surface area (Å²) in [5.41, 5.74) is -0.311. The molecule has 3 fully saturated rings. The van der Waals surface area contributed by atoms with Gasteiger partial charge in [-0.2, -0.15) is 4.31 Å². The van der Waals surface area contributed by atoms with Crippen LogP contribution in [0.2, 0.25) is 10.0 Å². The molecule has 3 saturated heterocycles. The maximum absolute atomic E-state index is 13.6. The lowest BCUT2D eigenvalue weighted by atomic mass is 9.71. The van der Waals surface area contributed by atoms with Crippen molar-refractivity contribution < 1.29 is 22.7 Å². The van der Waals surface area contributed by atoms with E-state index in [1.807, 2.05) is 18.7 Å². The third kappa shape index (κ3) is 6.20. The first kappa shape index (κ1) is 28.1. The third-order valence-corrected chi connectivity index (χ3v) is 10.7. The summed E-state index contributed by atoms with van der Waals surface area (Å²) in [7, 11) is -1.80. The Balaban J connectivity index is 1.35. The quantitative estimate of drug-likeness (QED) is 0.528. The van der Waals surface area contributed by atoms with Gasteiger partial charge >= 0.3 is 0 Å². The third-order valence-electron chi connectivity index (χ3n) is 7.87. The predicted molar refractivity (Wildman–Crippen MR) is 140 cm³/mol. The number of sulfonamides is 1. The minimum absolute atomic E-state index is 0.00853. The molecule has 0 saturated carbocycles. The molecule has 11 heteroatoms. The Bertz CT molecular complexity index is 1050. The molecular weight excluding hydrogens is 525 g/mol. The molecule has 0 N–H and O–H groups in total. The Morgan fingerprint density at radius 2 is 1.75 bits per heavy atom. The van der Waals surface area contributed by atoms with Crippen LogP contribution in [0.4, 0.5) is 0 Å². The molecule has 3 aliphatic heterocycles. The summed E-state index contributed by atoms with van der Waals surface area (Å²) in [5, 5.41) is 0.165. The highest BCUT2D eigenvalue weighted by molar-refractivity contribution is 7.89. The fraction of sp³-hybridized carbons (Fsp3) is 0.720. The molecule has 8 nitrogen and oxygen atoms in total. The van der Waals surface area contributed by atoms with Crippen molar-refractivity contribution in [1.29, 1.82) is 0 Å². The maximum Gasteiger partial charge on any atom is 0.248 e.